The van der Waals surface area contributed by atoms with Crippen molar-refractivity contribution in [1.82, 2.24) is 5.32 Å². The van der Waals surface area contributed by atoms with Crippen molar-refractivity contribution in [3.05, 3.63) is 10.4 Å². The molecule has 0 spiro atoms. The van der Waals surface area contributed by atoms with Gasteiger partial charge < -0.3 is 11.1 Å². The summed E-state index contributed by atoms with van der Waals surface area (Å²) in [6.07, 6.45) is 2.56. The van der Waals surface area contributed by atoms with Crippen molar-refractivity contribution in [3.8, 4) is 0 Å². The number of hydrogen-bond acceptors (Lipinski definition) is 3. The van der Waals surface area contributed by atoms with E-state index in [1.807, 2.05) is 13.8 Å². The minimum absolute atomic E-state index is 0.275. The SMILES string of the molecule is CCC(CC)C(NCCCN=[N+]=[N-])C(N)=O. The lowest BCUT2D eigenvalue weighted by Gasteiger charge is -2.23. The van der Waals surface area contributed by atoms with Gasteiger partial charge in [-0.3, -0.25) is 4.79 Å². The van der Waals surface area contributed by atoms with Crippen molar-refractivity contribution < 1.29 is 4.79 Å². The maximum atomic E-state index is 11.3. The van der Waals surface area contributed by atoms with E-state index < -0.39 is 0 Å². The van der Waals surface area contributed by atoms with E-state index in [1.54, 1.807) is 0 Å². The molecule has 6 heteroatoms. The molecule has 1 unspecified atom stereocenters. The van der Waals surface area contributed by atoms with Gasteiger partial charge >= 0.3 is 0 Å². The Morgan fingerprint density at radius 2 is 2.12 bits per heavy atom. The van der Waals surface area contributed by atoms with Crippen molar-refractivity contribution in [3.63, 3.8) is 0 Å². The highest BCUT2D eigenvalue weighted by Gasteiger charge is 2.22. The third-order valence-electron chi connectivity index (χ3n) is 2.69. The van der Waals surface area contributed by atoms with Crippen LogP contribution in [0.2, 0.25) is 0 Å². The molecule has 1 atom stereocenters. The second kappa shape index (κ2) is 9.00. The Bertz CT molecular complexity index is 246. The zero-order chi connectivity index (χ0) is 12.4. The smallest absolute Gasteiger partial charge is 0.234 e. The quantitative estimate of drug-likeness (QED) is 0.270. The van der Waals surface area contributed by atoms with Gasteiger partial charge in [0, 0.05) is 11.5 Å². The molecule has 0 aromatic carbocycles. The van der Waals surface area contributed by atoms with Crippen LogP contribution in [0.5, 0.6) is 0 Å². The molecule has 0 bridgehead atoms. The number of carbonyl (C=O) groups excluding carboxylic acids is 1. The standard InChI is InChI=1S/C10H21N5O/c1-3-8(4-2)9(10(11)16)13-6-5-7-14-15-12/h8-9,13H,3-7H2,1-2H3,(H2,11,16). The first kappa shape index (κ1) is 14.7. The van der Waals surface area contributed by atoms with Gasteiger partial charge in [0.25, 0.3) is 0 Å². The maximum Gasteiger partial charge on any atom is 0.234 e. The van der Waals surface area contributed by atoms with Gasteiger partial charge in [-0.25, -0.2) is 0 Å². The van der Waals surface area contributed by atoms with Gasteiger partial charge in [0.15, 0.2) is 0 Å². The third-order valence-corrected chi connectivity index (χ3v) is 2.69. The van der Waals surface area contributed by atoms with Gasteiger partial charge in [0.05, 0.1) is 6.04 Å². The zero-order valence-electron chi connectivity index (χ0n) is 10.0. The third kappa shape index (κ3) is 5.58. The number of azide groups is 1. The summed E-state index contributed by atoms with van der Waals surface area (Å²) < 4.78 is 0. The summed E-state index contributed by atoms with van der Waals surface area (Å²) in [7, 11) is 0. The van der Waals surface area contributed by atoms with Gasteiger partial charge in [-0.1, -0.05) is 31.8 Å². The second-order valence-electron chi connectivity index (χ2n) is 3.72. The molecule has 0 aliphatic heterocycles. The predicted octanol–water partition coefficient (Wildman–Crippen LogP) is 1.57. The molecule has 6 nitrogen and oxygen atoms in total. The molecule has 92 valence electrons. The van der Waals surface area contributed by atoms with E-state index in [4.69, 9.17) is 11.3 Å². The minimum Gasteiger partial charge on any atom is -0.368 e. The normalized spacial score (nSPS) is 12.2. The number of nitrogens with one attached hydrogen (secondary N) is 1. The fourth-order valence-electron chi connectivity index (χ4n) is 1.71. The number of amides is 1. The molecule has 1 amide bonds. The van der Waals surface area contributed by atoms with Crippen LogP contribution in [0.4, 0.5) is 0 Å². The van der Waals surface area contributed by atoms with Gasteiger partial charge in [0.2, 0.25) is 5.91 Å². The molecule has 0 saturated heterocycles. The summed E-state index contributed by atoms with van der Waals surface area (Å²) in [5.74, 6) is -0.0329. The molecular formula is C10H21N5O. The van der Waals surface area contributed by atoms with Gasteiger partial charge in [-0.05, 0) is 24.4 Å². The topological polar surface area (TPSA) is 104 Å². The first-order valence-electron chi connectivity index (χ1n) is 5.70. The van der Waals surface area contributed by atoms with Crippen LogP contribution in [-0.4, -0.2) is 25.0 Å². The van der Waals surface area contributed by atoms with Crippen LogP contribution in [0.25, 0.3) is 10.4 Å². The average molecular weight is 227 g/mol. The Hall–Kier alpha value is -1.26. The molecule has 0 heterocycles. The molecule has 3 N–H and O–H groups in total. The van der Waals surface area contributed by atoms with Crippen LogP contribution in [0.1, 0.15) is 33.1 Å². The lowest BCUT2D eigenvalue weighted by atomic mass is 9.93. The van der Waals surface area contributed by atoms with Crippen LogP contribution in [0.3, 0.4) is 0 Å². The van der Waals surface area contributed by atoms with E-state index in [9.17, 15) is 4.79 Å². The van der Waals surface area contributed by atoms with Crippen molar-refractivity contribution in [2.24, 2.45) is 16.8 Å². The minimum atomic E-state index is -0.308. The number of rotatable bonds is 9. The number of carbonyl (C=O) groups is 1. The summed E-state index contributed by atoms with van der Waals surface area (Å²) in [4.78, 5) is 13.9. The largest absolute Gasteiger partial charge is 0.368 e. The summed E-state index contributed by atoms with van der Waals surface area (Å²) in [6, 6.07) is -0.277. The van der Waals surface area contributed by atoms with Crippen LogP contribution in [0, 0.1) is 5.92 Å². The van der Waals surface area contributed by atoms with Crippen LogP contribution >= 0.6 is 0 Å². The number of hydrogen-bond donors (Lipinski definition) is 2. The van der Waals surface area contributed by atoms with E-state index in [1.165, 1.54) is 0 Å². The molecule has 0 radical (unpaired) electrons. The molecule has 0 fully saturated rings. The lowest BCUT2D eigenvalue weighted by Crippen LogP contribution is -2.46. The van der Waals surface area contributed by atoms with E-state index in [0.717, 1.165) is 12.8 Å². The summed E-state index contributed by atoms with van der Waals surface area (Å²) >= 11 is 0. The summed E-state index contributed by atoms with van der Waals surface area (Å²) in [5, 5.41) is 6.55. The van der Waals surface area contributed by atoms with Crippen LogP contribution in [-0.2, 0) is 4.79 Å². The van der Waals surface area contributed by atoms with Crippen molar-refractivity contribution in [2.45, 2.75) is 39.2 Å². The number of nitrogens with two attached hydrogens (primary N) is 1. The van der Waals surface area contributed by atoms with E-state index in [-0.39, 0.29) is 17.9 Å². The van der Waals surface area contributed by atoms with E-state index in [0.29, 0.717) is 19.5 Å². The number of primary amides is 1. The van der Waals surface area contributed by atoms with Crippen molar-refractivity contribution >= 4 is 5.91 Å². The van der Waals surface area contributed by atoms with E-state index >= 15 is 0 Å². The van der Waals surface area contributed by atoms with Crippen molar-refractivity contribution in [1.29, 1.82) is 0 Å². The molecule has 0 aliphatic carbocycles. The first-order chi connectivity index (χ1) is 7.67. The van der Waals surface area contributed by atoms with Gasteiger partial charge in [0.1, 0.15) is 0 Å². The Morgan fingerprint density at radius 3 is 2.56 bits per heavy atom. The van der Waals surface area contributed by atoms with Gasteiger partial charge in [-0.15, -0.1) is 0 Å². The first-order valence-corrected chi connectivity index (χ1v) is 5.70. The van der Waals surface area contributed by atoms with Crippen LogP contribution < -0.4 is 11.1 Å². The highest BCUT2D eigenvalue weighted by atomic mass is 16.1. The molecule has 0 rings (SSSR count). The molecule has 0 aliphatic rings. The Morgan fingerprint density at radius 1 is 1.50 bits per heavy atom. The molecule has 16 heavy (non-hydrogen) atoms. The monoisotopic (exact) mass is 227 g/mol. The average Bonchev–Trinajstić information content (AvgIpc) is 2.27. The lowest BCUT2D eigenvalue weighted by molar-refractivity contribution is -0.121. The highest BCUT2D eigenvalue weighted by Crippen LogP contribution is 2.12. The van der Waals surface area contributed by atoms with E-state index in [2.05, 4.69) is 15.3 Å². The predicted molar refractivity (Wildman–Crippen MR) is 63.7 cm³/mol. The Labute approximate surface area is 96.2 Å². The van der Waals surface area contributed by atoms with Crippen molar-refractivity contribution in [2.75, 3.05) is 13.1 Å². The molecule has 0 aromatic rings. The summed E-state index contributed by atoms with van der Waals surface area (Å²) in [6.45, 7) is 5.18. The van der Waals surface area contributed by atoms with Gasteiger partial charge in [-0.2, -0.15) is 0 Å². The maximum absolute atomic E-state index is 11.3. The molecule has 0 saturated carbocycles. The molecular weight excluding hydrogens is 206 g/mol. The number of nitrogens with zero attached hydrogens (tertiary/aromatic N) is 3. The fourth-order valence-corrected chi connectivity index (χ4v) is 1.71. The zero-order valence-corrected chi connectivity index (χ0v) is 10.0. The fraction of sp³-hybridized carbons (Fsp3) is 0.900. The second-order valence-corrected chi connectivity index (χ2v) is 3.72. The molecule has 0 aromatic heterocycles. The van der Waals surface area contributed by atoms with Crippen LogP contribution in [0.15, 0.2) is 5.11 Å². The highest BCUT2D eigenvalue weighted by molar-refractivity contribution is 5.80. The summed E-state index contributed by atoms with van der Waals surface area (Å²) in [5.41, 5.74) is 13.4. The Kier molecular flexibility index (Phi) is 8.29. The Balaban J connectivity index is 4.03.